The Morgan fingerprint density at radius 2 is 1.33 bits per heavy atom. The Morgan fingerprint density at radius 1 is 1.00 bits per heavy atom. The molecule has 0 aliphatic heterocycles. The first kappa shape index (κ1) is 9.93. The van der Waals surface area contributed by atoms with Crippen molar-refractivity contribution in [2.75, 3.05) is 0 Å². The average Bonchev–Trinajstić information content (AvgIpc) is 2.06. The molecule has 0 fully saturated rings. The van der Waals surface area contributed by atoms with E-state index in [4.69, 9.17) is 16.6 Å². The van der Waals surface area contributed by atoms with Crippen molar-refractivity contribution >= 4 is 0 Å². The highest BCUT2D eigenvalue weighted by Crippen LogP contribution is 2.20. The highest BCUT2D eigenvalue weighted by atomic mass is 15.4. The normalized spacial score (nSPS) is 12.8. The molecule has 0 aromatic rings. The Morgan fingerprint density at radius 3 is 1.50 bits per heavy atom. The number of hydrogen-bond acceptors (Lipinski definition) is 3. The zero-order valence-corrected chi connectivity index (χ0v) is 5.94. The second-order valence-electron chi connectivity index (χ2n) is 1.59. The fraction of sp³-hybridized carbons (Fsp3) is 0.667. The van der Waals surface area contributed by atoms with Crippen LogP contribution in [0.4, 0.5) is 0 Å². The van der Waals surface area contributed by atoms with Gasteiger partial charge in [-0.3, -0.25) is 0 Å². The molecule has 0 rings (SSSR count). The van der Waals surface area contributed by atoms with Gasteiger partial charge in [0.25, 0.3) is 0 Å². The SMILES string of the molecule is [CH2]CC(N=[N+]=[N-])(N=[N+]=[N-])N=[N+]=[N-]. The van der Waals surface area contributed by atoms with Crippen LogP contribution in [0.25, 0.3) is 31.3 Å². The van der Waals surface area contributed by atoms with Crippen molar-refractivity contribution in [1.82, 2.24) is 0 Å². The summed E-state index contributed by atoms with van der Waals surface area (Å²) in [6, 6.07) is 0. The molecule has 0 aromatic carbocycles. The van der Waals surface area contributed by atoms with Gasteiger partial charge in [0.2, 0.25) is 5.79 Å². The van der Waals surface area contributed by atoms with Crippen molar-refractivity contribution in [2.24, 2.45) is 15.3 Å². The Bertz CT molecular complexity index is 239. The van der Waals surface area contributed by atoms with Gasteiger partial charge in [0, 0.05) is 14.7 Å². The van der Waals surface area contributed by atoms with E-state index in [1.54, 1.807) is 0 Å². The lowest BCUT2D eigenvalue weighted by atomic mass is 10.3. The minimum atomic E-state index is -1.79. The summed E-state index contributed by atoms with van der Waals surface area (Å²) in [5.41, 5.74) is 24.2. The standard InChI is InChI=1S/C3H4N9/c1-2-3(7-10-4,8-11-5)9-12-6/h1-2H2. The van der Waals surface area contributed by atoms with Gasteiger partial charge in [0.05, 0.1) is 0 Å². The van der Waals surface area contributed by atoms with Gasteiger partial charge in [0.1, 0.15) is 0 Å². The summed E-state index contributed by atoms with van der Waals surface area (Å²) in [5.74, 6) is -1.79. The van der Waals surface area contributed by atoms with Gasteiger partial charge in [0.15, 0.2) is 0 Å². The summed E-state index contributed by atoms with van der Waals surface area (Å²) in [4.78, 5) is 7.11. The van der Waals surface area contributed by atoms with Gasteiger partial charge in [-0.2, -0.15) is 0 Å². The van der Waals surface area contributed by atoms with E-state index in [0.717, 1.165) is 0 Å². The molecule has 0 N–H and O–H groups in total. The minimum absolute atomic E-state index is 0.134. The predicted octanol–water partition coefficient (Wildman–Crippen LogP) is 2.80. The molecular formula is C3H4N9. The molecule has 9 heteroatoms. The largest absolute Gasteiger partial charge is 0.204 e. The summed E-state index contributed by atoms with van der Waals surface area (Å²) in [5, 5.41) is 9.09. The number of rotatable bonds is 4. The molecule has 0 aromatic heterocycles. The fourth-order valence-electron chi connectivity index (χ4n) is 0.425. The van der Waals surface area contributed by atoms with Gasteiger partial charge in [-0.25, -0.2) is 0 Å². The molecule has 12 heavy (non-hydrogen) atoms. The molecule has 9 nitrogen and oxygen atoms in total. The van der Waals surface area contributed by atoms with Crippen molar-refractivity contribution in [3.63, 3.8) is 0 Å². The third-order valence-corrected chi connectivity index (χ3v) is 0.950. The van der Waals surface area contributed by atoms with Crippen LogP contribution in [0.5, 0.6) is 0 Å². The highest BCUT2D eigenvalue weighted by Gasteiger charge is 2.23. The van der Waals surface area contributed by atoms with Crippen LogP contribution in [0, 0.1) is 6.92 Å². The molecule has 0 aliphatic rings. The molecule has 0 bridgehead atoms. The van der Waals surface area contributed by atoms with Crippen LogP contribution in [0.3, 0.4) is 0 Å². The Hall–Kier alpha value is -2.07. The smallest absolute Gasteiger partial charge is 0.0751 e. The molecule has 0 spiro atoms. The second kappa shape index (κ2) is 4.70. The monoisotopic (exact) mass is 166 g/mol. The highest BCUT2D eigenvalue weighted by molar-refractivity contribution is 4.84. The molecule has 0 unspecified atom stereocenters. The lowest BCUT2D eigenvalue weighted by Gasteiger charge is -2.11. The van der Waals surface area contributed by atoms with Crippen LogP contribution in [-0.4, -0.2) is 5.79 Å². The van der Waals surface area contributed by atoms with Crippen LogP contribution in [0.2, 0.25) is 0 Å². The van der Waals surface area contributed by atoms with E-state index in [2.05, 4.69) is 37.0 Å². The minimum Gasteiger partial charge on any atom is -0.0751 e. The number of hydrogen-bond donors (Lipinski definition) is 0. The molecular weight excluding hydrogens is 162 g/mol. The van der Waals surface area contributed by atoms with Crippen molar-refractivity contribution in [3.8, 4) is 0 Å². The van der Waals surface area contributed by atoms with E-state index in [9.17, 15) is 0 Å². The lowest BCUT2D eigenvalue weighted by Crippen LogP contribution is -2.16. The van der Waals surface area contributed by atoms with Crippen LogP contribution >= 0.6 is 0 Å². The van der Waals surface area contributed by atoms with E-state index < -0.39 is 5.79 Å². The summed E-state index contributed by atoms with van der Waals surface area (Å²) < 4.78 is 0. The maximum atomic E-state index is 8.05. The van der Waals surface area contributed by atoms with Crippen LogP contribution < -0.4 is 0 Å². The van der Waals surface area contributed by atoms with Crippen molar-refractivity contribution in [2.45, 2.75) is 12.2 Å². The number of azide groups is 1. The zero-order chi connectivity index (χ0) is 9.45. The molecule has 0 atom stereocenters. The molecule has 61 valence electrons. The Kier molecular flexibility index (Phi) is 3.89. The topological polar surface area (TPSA) is 146 Å². The van der Waals surface area contributed by atoms with Gasteiger partial charge in [-0.15, -0.1) is 0 Å². The Balaban J connectivity index is 5.13. The van der Waals surface area contributed by atoms with Crippen LogP contribution in [0.1, 0.15) is 6.42 Å². The van der Waals surface area contributed by atoms with E-state index in [0.29, 0.717) is 0 Å². The second-order valence-corrected chi connectivity index (χ2v) is 1.59. The van der Waals surface area contributed by atoms with Gasteiger partial charge < -0.3 is 0 Å². The summed E-state index contributed by atoms with van der Waals surface area (Å²) in [6.45, 7) is 3.32. The first-order chi connectivity index (χ1) is 5.74. The fourth-order valence-corrected chi connectivity index (χ4v) is 0.425. The number of nitrogens with zero attached hydrogens (tertiary/aromatic N) is 9. The predicted molar refractivity (Wildman–Crippen MR) is 40.1 cm³/mol. The quantitative estimate of drug-likeness (QED) is 0.343. The summed E-state index contributed by atoms with van der Waals surface area (Å²) >= 11 is 0. The van der Waals surface area contributed by atoms with Crippen molar-refractivity contribution in [3.05, 3.63) is 38.3 Å². The first-order valence-electron chi connectivity index (χ1n) is 2.72. The van der Waals surface area contributed by atoms with Gasteiger partial charge in [-0.1, -0.05) is 22.3 Å². The molecule has 1 radical (unpaired) electrons. The van der Waals surface area contributed by atoms with E-state index in [1.165, 1.54) is 0 Å². The molecule has 0 amide bonds. The van der Waals surface area contributed by atoms with Crippen molar-refractivity contribution in [1.29, 1.82) is 0 Å². The maximum absolute atomic E-state index is 8.05. The molecule has 0 aliphatic carbocycles. The zero-order valence-electron chi connectivity index (χ0n) is 5.94. The maximum Gasteiger partial charge on any atom is 0.204 e. The van der Waals surface area contributed by atoms with Gasteiger partial charge >= 0.3 is 0 Å². The summed E-state index contributed by atoms with van der Waals surface area (Å²) in [6.07, 6.45) is -0.134. The van der Waals surface area contributed by atoms with E-state index >= 15 is 0 Å². The molecule has 0 saturated carbocycles. The van der Waals surface area contributed by atoms with Crippen LogP contribution in [-0.2, 0) is 0 Å². The third kappa shape index (κ3) is 2.28. The third-order valence-electron chi connectivity index (χ3n) is 0.950. The van der Waals surface area contributed by atoms with E-state index in [1.807, 2.05) is 0 Å². The Labute approximate surface area is 66.9 Å². The first-order valence-corrected chi connectivity index (χ1v) is 2.72. The summed E-state index contributed by atoms with van der Waals surface area (Å²) in [7, 11) is 0. The molecule has 0 saturated heterocycles. The van der Waals surface area contributed by atoms with E-state index in [-0.39, 0.29) is 6.42 Å². The van der Waals surface area contributed by atoms with Crippen LogP contribution in [0.15, 0.2) is 15.3 Å². The lowest BCUT2D eigenvalue weighted by molar-refractivity contribution is 0.460. The van der Waals surface area contributed by atoms with Gasteiger partial charge in [-0.05, 0) is 23.0 Å². The van der Waals surface area contributed by atoms with Crippen molar-refractivity contribution < 1.29 is 0 Å². The average molecular weight is 166 g/mol. The molecule has 0 heterocycles.